The second-order valence-corrected chi connectivity index (χ2v) is 5.41. The number of ketones is 1. The molecule has 0 unspecified atom stereocenters. The molecule has 2 aromatic rings. The van der Waals surface area contributed by atoms with Gasteiger partial charge in [-0.05, 0) is 45.0 Å². The van der Waals surface area contributed by atoms with Gasteiger partial charge < -0.3 is 15.1 Å². The molecule has 116 valence electrons. The first-order chi connectivity index (χ1) is 10.5. The van der Waals surface area contributed by atoms with E-state index in [4.69, 9.17) is 4.42 Å². The van der Waals surface area contributed by atoms with E-state index >= 15 is 0 Å². The Bertz CT molecular complexity index is 650. The summed E-state index contributed by atoms with van der Waals surface area (Å²) >= 11 is 0. The SMILES string of the molecule is CC(=O)c1cccc(NC(=O)[C@@H](C)[NH2+][C@H](C)c2ccco2)c1. The first-order valence-electron chi connectivity index (χ1n) is 7.27. The lowest BCUT2D eigenvalue weighted by molar-refractivity contribution is -0.711. The molecule has 0 saturated carbocycles. The topological polar surface area (TPSA) is 75.9 Å². The Hall–Kier alpha value is -2.40. The van der Waals surface area contributed by atoms with E-state index in [2.05, 4.69) is 5.32 Å². The maximum absolute atomic E-state index is 12.2. The standard InChI is InChI=1S/C17H20N2O3/c1-11(16-8-5-9-22-16)18-12(2)17(21)19-15-7-4-6-14(10-15)13(3)20/h4-12,18H,1-3H3,(H,19,21)/p+1/t11-,12-/m1/s1. The smallest absolute Gasteiger partial charge is 0.282 e. The summed E-state index contributed by atoms with van der Waals surface area (Å²) in [4.78, 5) is 23.6. The quantitative estimate of drug-likeness (QED) is 0.803. The van der Waals surface area contributed by atoms with Crippen molar-refractivity contribution >= 4 is 17.4 Å². The summed E-state index contributed by atoms with van der Waals surface area (Å²) in [5, 5.41) is 4.77. The molecule has 1 amide bonds. The Kier molecular flexibility index (Phi) is 5.12. The average molecular weight is 301 g/mol. The molecule has 0 aliphatic heterocycles. The Balaban J connectivity index is 1.96. The number of anilines is 1. The molecule has 1 aromatic heterocycles. The van der Waals surface area contributed by atoms with Crippen LogP contribution < -0.4 is 10.6 Å². The molecule has 0 aliphatic carbocycles. The van der Waals surface area contributed by atoms with E-state index in [9.17, 15) is 9.59 Å². The van der Waals surface area contributed by atoms with Gasteiger partial charge in [0, 0.05) is 11.3 Å². The van der Waals surface area contributed by atoms with Gasteiger partial charge in [0.25, 0.3) is 5.91 Å². The fraction of sp³-hybridized carbons (Fsp3) is 0.294. The van der Waals surface area contributed by atoms with Crippen molar-refractivity contribution in [2.24, 2.45) is 0 Å². The predicted octanol–water partition coefficient (Wildman–Crippen LogP) is 2.13. The number of furan rings is 1. The highest BCUT2D eigenvalue weighted by atomic mass is 16.3. The monoisotopic (exact) mass is 301 g/mol. The summed E-state index contributed by atoms with van der Waals surface area (Å²) in [6.45, 7) is 5.32. The average Bonchev–Trinajstić information content (AvgIpc) is 3.01. The first kappa shape index (κ1) is 16.0. The van der Waals surface area contributed by atoms with Crippen LogP contribution >= 0.6 is 0 Å². The molecule has 1 heterocycles. The Labute approximate surface area is 129 Å². The highest BCUT2D eigenvalue weighted by Gasteiger charge is 2.21. The number of hydrogen-bond acceptors (Lipinski definition) is 3. The lowest BCUT2D eigenvalue weighted by Crippen LogP contribution is -2.91. The second kappa shape index (κ2) is 7.04. The lowest BCUT2D eigenvalue weighted by atomic mass is 10.1. The number of carbonyl (C=O) groups is 2. The minimum atomic E-state index is -0.277. The number of benzene rings is 1. The van der Waals surface area contributed by atoms with Crippen molar-refractivity contribution in [2.75, 3.05) is 5.32 Å². The number of nitrogens with two attached hydrogens (primary N) is 1. The summed E-state index contributed by atoms with van der Waals surface area (Å²) in [5.41, 5.74) is 1.21. The van der Waals surface area contributed by atoms with Gasteiger partial charge in [0.2, 0.25) is 0 Å². The molecule has 5 heteroatoms. The van der Waals surface area contributed by atoms with E-state index in [0.717, 1.165) is 5.76 Å². The molecule has 0 radical (unpaired) electrons. The zero-order chi connectivity index (χ0) is 16.1. The summed E-state index contributed by atoms with van der Waals surface area (Å²) in [6.07, 6.45) is 1.62. The molecule has 3 N–H and O–H groups in total. The van der Waals surface area contributed by atoms with Crippen molar-refractivity contribution in [2.45, 2.75) is 32.9 Å². The molecule has 5 nitrogen and oxygen atoms in total. The van der Waals surface area contributed by atoms with Crippen molar-refractivity contribution in [3.63, 3.8) is 0 Å². The number of quaternary nitrogens is 1. The van der Waals surface area contributed by atoms with Gasteiger partial charge in [-0.3, -0.25) is 9.59 Å². The van der Waals surface area contributed by atoms with Crippen LogP contribution in [0.15, 0.2) is 47.1 Å². The summed E-state index contributed by atoms with van der Waals surface area (Å²) in [5.74, 6) is 0.694. The number of nitrogens with one attached hydrogen (secondary N) is 1. The van der Waals surface area contributed by atoms with Gasteiger partial charge in [-0.25, -0.2) is 0 Å². The molecule has 1 aromatic carbocycles. The fourth-order valence-electron chi connectivity index (χ4n) is 2.24. The normalized spacial score (nSPS) is 13.4. The predicted molar refractivity (Wildman–Crippen MR) is 83.6 cm³/mol. The van der Waals surface area contributed by atoms with Crippen molar-refractivity contribution in [3.05, 3.63) is 54.0 Å². The lowest BCUT2D eigenvalue weighted by Gasteiger charge is -2.15. The first-order valence-corrected chi connectivity index (χ1v) is 7.27. The number of Topliss-reactive ketones (excluding diaryl/α,β-unsaturated/α-hetero) is 1. The van der Waals surface area contributed by atoms with Crippen LogP contribution in [0.1, 0.15) is 42.9 Å². The highest BCUT2D eigenvalue weighted by molar-refractivity contribution is 5.97. The van der Waals surface area contributed by atoms with E-state index in [0.29, 0.717) is 11.3 Å². The number of carbonyl (C=O) groups excluding carboxylic acids is 2. The molecule has 0 fully saturated rings. The van der Waals surface area contributed by atoms with Gasteiger partial charge in [-0.2, -0.15) is 0 Å². The van der Waals surface area contributed by atoms with Crippen LogP contribution in [-0.2, 0) is 4.79 Å². The van der Waals surface area contributed by atoms with Crippen LogP contribution in [0.3, 0.4) is 0 Å². The van der Waals surface area contributed by atoms with E-state index < -0.39 is 0 Å². The van der Waals surface area contributed by atoms with Crippen LogP contribution in [0.25, 0.3) is 0 Å². The fourth-order valence-corrected chi connectivity index (χ4v) is 2.24. The molecule has 0 saturated heterocycles. The van der Waals surface area contributed by atoms with E-state index in [1.807, 2.05) is 31.3 Å². The van der Waals surface area contributed by atoms with Crippen molar-refractivity contribution < 1.29 is 19.3 Å². The van der Waals surface area contributed by atoms with E-state index in [1.165, 1.54) is 6.92 Å². The second-order valence-electron chi connectivity index (χ2n) is 5.41. The van der Waals surface area contributed by atoms with Crippen molar-refractivity contribution in [3.8, 4) is 0 Å². The number of amides is 1. The van der Waals surface area contributed by atoms with Crippen LogP contribution in [0, 0.1) is 0 Å². The minimum absolute atomic E-state index is 0.0258. The molecule has 22 heavy (non-hydrogen) atoms. The van der Waals surface area contributed by atoms with Crippen LogP contribution in [0.4, 0.5) is 5.69 Å². The molecule has 0 aliphatic rings. The largest absolute Gasteiger partial charge is 0.463 e. The van der Waals surface area contributed by atoms with Gasteiger partial charge in [0.05, 0.1) is 6.26 Å². The van der Waals surface area contributed by atoms with Gasteiger partial charge in [-0.1, -0.05) is 12.1 Å². The van der Waals surface area contributed by atoms with E-state index in [-0.39, 0.29) is 23.8 Å². The maximum Gasteiger partial charge on any atom is 0.282 e. The van der Waals surface area contributed by atoms with E-state index in [1.54, 1.807) is 30.5 Å². The Morgan fingerprint density at radius 3 is 2.59 bits per heavy atom. The van der Waals surface area contributed by atoms with Crippen LogP contribution in [-0.4, -0.2) is 17.7 Å². The maximum atomic E-state index is 12.2. The Morgan fingerprint density at radius 2 is 1.95 bits per heavy atom. The summed E-state index contributed by atoms with van der Waals surface area (Å²) < 4.78 is 5.34. The molecule has 2 atom stereocenters. The zero-order valence-electron chi connectivity index (χ0n) is 13.0. The van der Waals surface area contributed by atoms with Crippen molar-refractivity contribution in [1.82, 2.24) is 0 Å². The third-order valence-corrected chi connectivity index (χ3v) is 3.52. The van der Waals surface area contributed by atoms with Gasteiger partial charge in [0.15, 0.2) is 17.6 Å². The molecular formula is C17H21N2O3+. The van der Waals surface area contributed by atoms with Crippen LogP contribution in [0.5, 0.6) is 0 Å². The summed E-state index contributed by atoms with van der Waals surface area (Å²) in [7, 11) is 0. The summed E-state index contributed by atoms with van der Waals surface area (Å²) in [6, 6.07) is 10.4. The highest BCUT2D eigenvalue weighted by Crippen LogP contribution is 2.12. The molecular weight excluding hydrogens is 280 g/mol. The van der Waals surface area contributed by atoms with Crippen molar-refractivity contribution in [1.29, 1.82) is 0 Å². The molecule has 2 rings (SSSR count). The number of rotatable bonds is 6. The minimum Gasteiger partial charge on any atom is -0.463 e. The zero-order valence-corrected chi connectivity index (χ0v) is 13.0. The van der Waals surface area contributed by atoms with Crippen LogP contribution in [0.2, 0.25) is 0 Å². The third-order valence-electron chi connectivity index (χ3n) is 3.52. The third kappa shape index (κ3) is 4.05. The molecule has 0 spiro atoms. The Morgan fingerprint density at radius 1 is 1.18 bits per heavy atom. The van der Waals surface area contributed by atoms with Gasteiger partial charge in [-0.15, -0.1) is 0 Å². The molecule has 0 bridgehead atoms. The van der Waals surface area contributed by atoms with Gasteiger partial charge >= 0.3 is 0 Å². The van der Waals surface area contributed by atoms with Gasteiger partial charge in [0.1, 0.15) is 6.04 Å². The number of hydrogen-bond donors (Lipinski definition) is 2.